The minimum absolute atomic E-state index is 0.00473. The van der Waals surface area contributed by atoms with Crippen LogP contribution in [0.3, 0.4) is 0 Å². The first-order valence-corrected chi connectivity index (χ1v) is 5.76. The molecule has 0 atom stereocenters. The SMILES string of the molecule is CC(C)C(=O)c1ccc(-c2ccc(C#N)cc2)o1. The van der Waals surface area contributed by atoms with Crippen LogP contribution >= 0.6 is 0 Å². The molecule has 90 valence electrons. The average molecular weight is 239 g/mol. The third kappa shape index (κ3) is 2.33. The van der Waals surface area contributed by atoms with Crippen molar-refractivity contribution >= 4 is 5.78 Å². The molecule has 0 N–H and O–H groups in total. The van der Waals surface area contributed by atoms with Crippen molar-refractivity contribution in [1.82, 2.24) is 0 Å². The molecule has 0 amide bonds. The van der Waals surface area contributed by atoms with E-state index in [1.165, 1.54) is 0 Å². The second-order valence-corrected chi connectivity index (χ2v) is 4.37. The molecule has 0 saturated carbocycles. The monoisotopic (exact) mass is 239 g/mol. The maximum atomic E-state index is 11.8. The smallest absolute Gasteiger partial charge is 0.200 e. The molecule has 18 heavy (non-hydrogen) atoms. The van der Waals surface area contributed by atoms with Crippen molar-refractivity contribution < 1.29 is 9.21 Å². The topological polar surface area (TPSA) is 54.0 Å². The fraction of sp³-hybridized carbons (Fsp3) is 0.200. The molecule has 1 aromatic carbocycles. The van der Waals surface area contributed by atoms with Crippen molar-refractivity contribution in [3.8, 4) is 17.4 Å². The molecule has 0 aliphatic rings. The van der Waals surface area contributed by atoms with Gasteiger partial charge in [-0.15, -0.1) is 0 Å². The maximum absolute atomic E-state index is 11.8. The summed E-state index contributed by atoms with van der Waals surface area (Å²) < 4.78 is 5.53. The molecule has 0 aliphatic carbocycles. The fourth-order valence-electron chi connectivity index (χ4n) is 1.62. The molecule has 3 nitrogen and oxygen atoms in total. The van der Waals surface area contributed by atoms with E-state index in [1.807, 2.05) is 13.8 Å². The Kier molecular flexibility index (Phi) is 3.29. The highest BCUT2D eigenvalue weighted by Crippen LogP contribution is 2.23. The summed E-state index contributed by atoms with van der Waals surface area (Å²) in [5.74, 6) is 0.938. The van der Waals surface area contributed by atoms with Gasteiger partial charge < -0.3 is 4.42 Å². The van der Waals surface area contributed by atoms with E-state index in [2.05, 4.69) is 6.07 Å². The van der Waals surface area contributed by atoms with E-state index >= 15 is 0 Å². The van der Waals surface area contributed by atoms with Gasteiger partial charge in [0.1, 0.15) is 5.76 Å². The minimum atomic E-state index is -0.0787. The zero-order valence-electron chi connectivity index (χ0n) is 10.3. The van der Waals surface area contributed by atoms with Crippen molar-refractivity contribution in [3.63, 3.8) is 0 Å². The summed E-state index contributed by atoms with van der Waals surface area (Å²) in [5, 5.41) is 8.72. The summed E-state index contributed by atoms with van der Waals surface area (Å²) in [4.78, 5) is 11.8. The third-order valence-corrected chi connectivity index (χ3v) is 2.67. The van der Waals surface area contributed by atoms with Crippen LogP contribution in [0.15, 0.2) is 40.8 Å². The zero-order valence-corrected chi connectivity index (χ0v) is 10.3. The van der Waals surface area contributed by atoms with Crippen LogP contribution in [0, 0.1) is 17.2 Å². The number of hydrogen-bond acceptors (Lipinski definition) is 3. The van der Waals surface area contributed by atoms with Gasteiger partial charge in [-0.2, -0.15) is 5.26 Å². The first kappa shape index (κ1) is 12.1. The van der Waals surface area contributed by atoms with Crippen molar-refractivity contribution in [2.45, 2.75) is 13.8 Å². The van der Waals surface area contributed by atoms with E-state index in [1.54, 1.807) is 36.4 Å². The standard InChI is InChI=1S/C15H13NO2/c1-10(2)15(17)14-8-7-13(18-14)12-5-3-11(9-16)4-6-12/h3-8,10H,1-2H3. The van der Waals surface area contributed by atoms with Crippen LogP contribution in [-0.2, 0) is 0 Å². The Labute approximate surface area is 106 Å². The molecule has 0 aliphatic heterocycles. The molecule has 0 spiro atoms. The van der Waals surface area contributed by atoms with Crippen LogP contribution in [0.25, 0.3) is 11.3 Å². The summed E-state index contributed by atoms with van der Waals surface area (Å²) in [5.41, 5.74) is 1.46. The molecule has 0 radical (unpaired) electrons. The third-order valence-electron chi connectivity index (χ3n) is 2.67. The lowest BCUT2D eigenvalue weighted by Gasteiger charge is -2.00. The Bertz CT molecular complexity index is 600. The first-order valence-electron chi connectivity index (χ1n) is 5.76. The largest absolute Gasteiger partial charge is 0.453 e. The summed E-state index contributed by atoms with van der Waals surface area (Å²) in [6.07, 6.45) is 0. The van der Waals surface area contributed by atoms with Crippen molar-refractivity contribution in [1.29, 1.82) is 5.26 Å². The molecular formula is C15H13NO2. The molecule has 0 saturated heterocycles. The Morgan fingerprint density at radius 1 is 1.17 bits per heavy atom. The van der Waals surface area contributed by atoms with Gasteiger partial charge in [-0.05, 0) is 36.4 Å². The molecule has 0 fully saturated rings. The minimum Gasteiger partial charge on any atom is -0.453 e. The van der Waals surface area contributed by atoms with E-state index in [9.17, 15) is 4.79 Å². The van der Waals surface area contributed by atoms with E-state index < -0.39 is 0 Å². The lowest BCUT2D eigenvalue weighted by molar-refractivity contribution is 0.0912. The van der Waals surface area contributed by atoms with E-state index in [-0.39, 0.29) is 11.7 Å². The average Bonchev–Trinajstić information content (AvgIpc) is 2.87. The number of hydrogen-bond donors (Lipinski definition) is 0. The van der Waals surface area contributed by atoms with Crippen LogP contribution in [-0.4, -0.2) is 5.78 Å². The molecule has 2 rings (SSSR count). The fourth-order valence-corrected chi connectivity index (χ4v) is 1.62. The van der Waals surface area contributed by atoms with Crippen molar-refractivity contribution in [2.75, 3.05) is 0 Å². The predicted octanol–water partition coefficient (Wildman–Crippen LogP) is 3.66. The van der Waals surface area contributed by atoms with E-state index in [0.29, 0.717) is 17.1 Å². The number of carbonyl (C=O) groups is 1. The van der Waals surface area contributed by atoms with Gasteiger partial charge in [0.25, 0.3) is 0 Å². The Hall–Kier alpha value is -2.34. The first-order chi connectivity index (χ1) is 8.61. The molecule has 1 aromatic heterocycles. The molecule has 0 bridgehead atoms. The van der Waals surface area contributed by atoms with Crippen LogP contribution in [0.4, 0.5) is 0 Å². The van der Waals surface area contributed by atoms with Crippen LogP contribution in [0.1, 0.15) is 30.0 Å². The predicted molar refractivity (Wildman–Crippen MR) is 68.0 cm³/mol. The number of rotatable bonds is 3. The Morgan fingerprint density at radius 2 is 1.83 bits per heavy atom. The number of Topliss-reactive ketones (excluding diaryl/α,β-unsaturated/α-hetero) is 1. The van der Waals surface area contributed by atoms with Gasteiger partial charge in [-0.3, -0.25) is 4.79 Å². The molecule has 2 aromatic rings. The van der Waals surface area contributed by atoms with Gasteiger partial charge in [-0.1, -0.05) is 13.8 Å². The lowest BCUT2D eigenvalue weighted by atomic mass is 10.1. The highest BCUT2D eigenvalue weighted by Gasteiger charge is 2.15. The molecule has 0 unspecified atom stereocenters. The summed E-state index contributed by atoms with van der Waals surface area (Å²) in [7, 11) is 0. The second kappa shape index (κ2) is 4.89. The Morgan fingerprint density at radius 3 is 2.39 bits per heavy atom. The van der Waals surface area contributed by atoms with Gasteiger partial charge in [0.2, 0.25) is 5.78 Å². The van der Waals surface area contributed by atoms with E-state index in [4.69, 9.17) is 9.68 Å². The highest BCUT2D eigenvalue weighted by molar-refractivity contribution is 5.95. The summed E-state index contributed by atoms with van der Waals surface area (Å²) in [6, 6.07) is 12.6. The Balaban J connectivity index is 2.29. The van der Waals surface area contributed by atoms with Gasteiger partial charge in [0.05, 0.1) is 11.6 Å². The van der Waals surface area contributed by atoms with Crippen molar-refractivity contribution in [3.05, 3.63) is 47.7 Å². The second-order valence-electron chi connectivity index (χ2n) is 4.37. The number of ketones is 1. The van der Waals surface area contributed by atoms with Crippen LogP contribution in [0.2, 0.25) is 0 Å². The lowest BCUT2D eigenvalue weighted by Crippen LogP contribution is -2.05. The van der Waals surface area contributed by atoms with Crippen LogP contribution < -0.4 is 0 Å². The van der Waals surface area contributed by atoms with Crippen LogP contribution in [0.5, 0.6) is 0 Å². The number of furan rings is 1. The van der Waals surface area contributed by atoms with Gasteiger partial charge in [-0.25, -0.2) is 0 Å². The number of carbonyl (C=O) groups excluding carboxylic acids is 1. The van der Waals surface area contributed by atoms with Gasteiger partial charge in [0.15, 0.2) is 5.76 Å². The zero-order chi connectivity index (χ0) is 13.1. The van der Waals surface area contributed by atoms with Crippen molar-refractivity contribution in [2.24, 2.45) is 5.92 Å². The number of benzene rings is 1. The quantitative estimate of drug-likeness (QED) is 0.768. The summed E-state index contributed by atoms with van der Waals surface area (Å²) in [6.45, 7) is 3.68. The number of nitrogens with zero attached hydrogens (tertiary/aromatic N) is 1. The van der Waals surface area contributed by atoms with Gasteiger partial charge in [0, 0.05) is 11.5 Å². The van der Waals surface area contributed by atoms with Gasteiger partial charge >= 0.3 is 0 Å². The molecule has 3 heteroatoms. The summed E-state index contributed by atoms with van der Waals surface area (Å²) >= 11 is 0. The highest BCUT2D eigenvalue weighted by atomic mass is 16.3. The van der Waals surface area contributed by atoms with E-state index in [0.717, 1.165) is 5.56 Å². The normalized spacial score (nSPS) is 10.3. The molecule has 1 heterocycles. The maximum Gasteiger partial charge on any atom is 0.200 e. The number of nitriles is 1. The molecular weight excluding hydrogens is 226 g/mol.